The first kappa shape index (κ1) is 24.9. The van der Waals surface area contributed by atoms with Crippen LogP contribution in [0, 0.1) is 5.41 Å². The van der Waals surface area contributed by atoms with Gasteiger partial charge >= 0.3 is 0 Å². The van der Waals surface area contributed by atoms with E-state index in [0.29, 0.717) is 37.4 Å². The predicted octanol–water partition coefficient (Wildman–Crippen LogP) is 3.81. The first-order chi connectivity index (χ1) is 16.7. The predicted molar refractivity (Wildman–Crippen MR) is 133 cm³/mol. The van der Waals surface area contributed by atoms with Gasteiger partial charge in [0, 0.05) is 35.8 Å². The van der Waals surface area contributed by atoms with E-state index in [-0.39, 0.29) is 23.1 Å². The van der Waals surface area contributed by atoms with E-state index in [1.807, 2.05) is 37.3 Å². The van der Waals surface area contributed by atoms with Gasteiger partial charge in [0.1, 0.15) is 5.92 Å². The van der Waals surface area contributed by atoms with Crippen LogP contribution >= 0.6 is 0 Å². The Labute approximate surface area is 206 Å². The number of nitrogens with one attached hydrogen (secondary N) is 2. The van der Waals surface area contributed by atoms with Crippen LogP contribution in [0.4, 0.5) is 11.4 Å². The number of carbonyl (C=O) groups is 3. The lowest BCUT2D eigenvalue weighted by Crippen LogP contribution is -2.43. The molecule has 186 valence electrons. The fourth-order valence-electron chi connectivity index (χ4n) is 4.41. The van der Waals surface area contributed by atoms with E-state index in [1.54, 1.807) is 24.1 Å². The highest BCUT2D eigenvalue weighted by molar-refractivity contribution is 6.06. The molecule has 2 aromatic rings. The Kier molecular flexibility index (Phi) is 7.23. The van der Waals surface area contributed by atoms with Crippen molar-refractivity contribution in [3.8, 4) is 0 Å². The van der Waals surface area contributed by atoms with E-state index in [4.69, 9.17) is 9.47 Å². The van der Waals surface area contributed by atoms with Crippen molar-refractivity contribution in [3.05, 3.63) is 59.2 Å². The molecule has 2 aliphatic heterocycles. The number of hydrogen-bond donors (Lipinski definition) is 2. The van der Waals surface area contributed by atoms with Gasteiger partial charge in [-0.3, -0.25) is 14.4 Å². The highest BCUT2D eigenvalue weighted by Crippen LogP contribution is 2.44. The zero-order valence-corrected chi connectivity index (χ0v) is 20.7. The zero-order chi connectivity index (χ0) is 25.2. The van der Waals surface area contributed by atoms with Crippen molar-refractivity contribution < 1.29 is 23.9 Å². The van der Waals surface area contributed by atoms with Crippen LogP contribution in [-0.2, 0) is 25.6 Å². The third-order valence-electron chi connectivity index (χ3n) is 6.28. The quantitative estimate of drug-likeness (QED) is 0.629. The summed E-state index contributed by atoms with van der Waals surface area (Å²) in [7, 11) is 1.59. The molecule has 0 aliphatic carbocycles. The minimum Gasteiger partial charge on any atom is -0.355 e. The molecule has 2 aromatic carbocycles. The van der Waals surface area contributed by atoms with Gasteiger partial charge in [-0.1, -0.05) is 32.9 Å². The molecule has 8 heteroatoms. The highest BCUT2D eigenvalue weighted by Gasteiger charge is 2.45. The molecule has 1 fully saturated rings. The Morgan fingerprint density at radius 1 is 1.09 bits per heavy atom. The van der Waals surface area contributed by atoms with Crippen LogP contribution in [-0.4, -0.2) is 44.3 Å². The number of rotatable bonds is 7. The number of carbonyl (C=O) groups excluding carboxylic acids is 3. The Balaban J connectivity index is 1.63. The van der Waals surface area contributed by atoms with E-state index in [1.165, 1.54) is 0 Å². The van der Waals surface area contributed by atoms with E-state index < -0.39 is 12.2 Å². The van der Waals surface area contributed by atoms with Crippen LogP contribution < -0.4 is 15.5 Å². The second-order valence-corrected chi connectivity index (χ2v) is 9.90. The fraction of sp³-hybridized carbons (Fsp3) is 0.444. The van der Waals surface area contributed by atoms with Crippen molar-refractivity contribution in [1.29, 1.82) is 0 Å². The third kappa shape index (κ3) is 5.39. The molecule has 1 atom stereocenters. The van der Waals surface area contributed by atoms with E-state index in [0.717, 1.165) is 23.2 Å². The average molecular weight is 480 g/mol. The molecular formula is C27H33N3O5. The molecule has 0 aromatic heterocycles. The summed E-state index contributed by atoms with van der Waals surface area (Å²) in [6.45, 7) is 7.40. The lowest BCUT2D eigenvalue weighted by molar-refractivity contribution is -0.229. The molecule has 1 saturated heterocycles. The number of fused-ring (bicyclic) bond motifs is 1. The SMILES string of the molecule is CCCC(=O)Nc1ccc2c(c1)C(C1OCC(C)(C)CO1)C(=O)N2Cc1ccc(C(=O)NC)cc1. The minimum absolute atomic E-state index is 0.0618. The van der Waals surface area contributed by atoms with Crippen LogP contribution in [0.5, 0.6) is 0 Å². The Morgan fingerprint density at radius 2 is 1.77 bits per heavy atom. The van der Waals surface area contributed by atoms with Gasteiger partial charge in [-0.05, 0) is 47.9 Å². The molecule has 35 heavy (non-hydrogen) atoms. The summed E-state index contributed by atoms with van der Waals surface area (Å²) >= 11 is 0. The second-order valence-electron chi connectivity index (χ2n) is 9.90. The minimum atomic E-state index is -0.698. The first-order valence-corrected chi connectivity index (χ1v) is 12.0. The number of anilines is 2. The maximum absolute atomic E-state index is 13.7. The van der Waals surface area contributed by atoms with Gasteiger partial charge in [-0.25, -0.2) is 0 Å². The molecule has 0 bridgehead atoms. The zero-order valence-electron chi connectivity index (χ0n) is 20.7. The largest absolute Gasteiger partial charge is 0.355 e. The number of hydrogen-bond acceptors (Lipinski definition) is 5. The van der Waals surface area contributed by atoms with Crippen LogP contribution in [0.25, 0.3) is 0 Å². The summed E-state index contributed by atoms with van der Waals surface area (Å²) in [5.41, 5.74) is 3.51. The van der Waals surface area contributed by atoms with Gasteiger partial charge < -0.3 is 25.0 Å². The van der Waals surface area contributed by atoms with E-state index in [9.17, 15) is 14.4 Å². The summed E-state index contributed by atoms with van der Waals surface area (Å²) in [5.74, 6) is -0.967. The molecule has 2 aliphatic rings. The van der Waals surface area contributed by atoms with E-state index in [2.05, 4.69) is 24.5 Å². The average Bonchev–Trinajstić information content (AvgIpc) is 3.10. The molecule has 2 N–H and O–H groups in total. The number of ether oxygens (including phenoxy) is 2. The number of nitrogens with zero attached hydrogens (tertiary/aromatic N) is 1. The topological polar surface area (TPSA) is 97.0 Å². The van der Waals surface area contributed by atoms with Crippen molar-refractivity contribution in [1.82, 2.24) is 5.32 Å². The van der Waals surface area contributed by atoms with Gasteiger partial charge in [0.25, 0.3) is 5.91 Å². The van der Waals surface area contributed by atoms with Crippen LogP contribution in [0.15, 0.2) is 42.5 Å². The van der Waals surface area contributed by atoms with Crippen molar-refractivity contribution in [2.24, 2.45) is 5.41 Å². The summed E-state index contributed by atoms with van der Waals surface area (Å²) in [5, 5.41) is 5.53. The van der Waals surface area contributed by atoms with E-state index >= 15 is 0 Å². The van der Waals surface area contributed by atoms with Gasteiger partial charge in [0.05, 0.1) is 19.8 Å². The van der Waals surface area contributed by atoms with Crippen molar-refractivity contribution in [2.75, 3.05) is 30.5 Å². The van der Waals surface area contributed by atoms with Crippen molar-refractivity contribution in [3.63, 3.8) is 0 Å². The van der Waals surface area contributed by atoms with Crippen molar-refractivity contribution in [2.45, 2.75) is 52.4 Å². The lowest BCUT2D eigenvalue weighted by atomic mass is 9.93. The van der Waals surface area contributed by atoms with Gasteiger partial charge in [0.2, 0.25) is 11.8 Å². The van der Waals surface area contributed by atoms with Gasteiger partial charge in [-0.15, -0.1) is 0 Å². The lowest BCUT2D eigenvalue weighted by Gasteiger charge is -2.36. The Hall–Kier alpha value is -3.23. The number of amides is 3. The molecule has 2 heterocycles. The third-order valence-corrected chi connectivity index (χ3v) is 6.28. The fourth-order valence-corrected chi connectivity index (χ4v) is 4.41. The number of benzene rings is 2. The standard InChI is InChI=1S/C27H33N3O5/c1-5-6-22(31)29-19-11-12-21-20(13-19)23(26-34-15-27(2,3)16-35-26)25(33)30(21)14-17-7-9-18(10-8-17)24(32)28-4/h7-13,23,26H,5-6,14-16H2,1-4H3,(H,28,32)(H,29,31). The summed E-state index contributed by atoms with van der Waals surface area (Å²) in [4.78, 5) is 39.5. The molecule has 0 radical (unpaired) electrons. The van der Waals surface area contributed by atoms with Crippen LogP contribution in [0.1, 0.15) is 61.0 Å². The summed E-state index contributed by atoms with van der Waals surface area (Å²) < 4.78 is 12.0. The summed E-state index contributed by atoms with van der Waals surface area (Å²) in [6, 6.07) is 12.7. The maximum Gasteiger partial charge on any atom is 0.251 e. The molecule has 4 rings (SSSR count). The molecule has 1 unspecified atom stereocenters. The smallest absolute Gasteiger partial charge is 0.251 e. The monoisotopic (exact) mass is 479 g/mol. The van der Waals surface area contributed by atoms with Gasteiger partial charge in [-0.2, -0.15) is 0 Å². The molecule has 8 nitrogen and oxygen atoms in total. The van der Waals surface area contributed by atoms with Gasteiger partial charge in [0.15, 0.2) is 6.29 Å². The highest BCUT2D eigenvalue weighted by atomic mass is 16.7. The molecule has 0 saturated carbocycles. The summed E-state index contributed by atoms with van der Waals surface area (Å²) in [6.07, 6.45) is 0.488. The molecular weight excluding hydrogens is 446 g/mol. The second kappa shape index (κ2) is 10.2. The molecule has 0 spiro atoms. The first-order valence-electron chi connectivity index (χ1n) is 12.0. The Morgan fingerprint density at radius 3 is 2.40 bits per heavy atom. The normalized spacial score (nSPS) is 19.4. The van der Waals surface area contributed by atoms with Crippen LogP contribution in [0.2, 0.25) is 0 Å². The molecule has 3 amide bonds. The maximum atomic E-state index is 13.7. The Bertz CT molecular complexity index is 1100. The van der Waals surface area contributed by atoms with Crippen LogP contribution in [0.3, 0.4) is 0 Å². The van der Waals surface area contributed by atoms with Crippen molar-refractivity contribution >= 4 is 29.1 Å².